The smallest absolute Gasteiger partial charge is 0.252 e. The topological polar surface area (TPSA) is 54.5 Å². The van der Waals surface area contributed by atoms with Crippen LogP contribution in [0, 0.1) is 5.92 Å². The maximum Gasteiger partial charge on any atom is 0.252 e. The van der Waals surface area contributed by atoms with Crippen molar-refractivity contribution in [1.29, 1.82) is 0 Å². The minimum Gasteiger partial charge on any atom is -0.299 e. The van der Waals surface area contributed by atoms with Gasteiger partial charge in [0.05, 0.1) is 8.81 Å². The molecule has 0 radical (unpaired) electrons. The number of ketones is 1. The zero-order valence-corrected chi connectivity index (χ0v) is 14.2. The molecule has 1 fully saturated rings. The molecule has 2 rings (SSSR count). The van der Waals surface area contributed by atoms with Crippen LogP contribution >= 0.6 is 38.9 Å². The number of thiophene rings is 1. The SMILES string of the molecule is CCC1CN(S(=O)(=O)c2cc(Cl)c(Br)s2)CCC1=O. The fourth-order valence-corrected chi connectivity index (χ4v) is 6.07. The molecule has 0 aromatic carbocycles. The Morgan fingerprint density at radius 1 is 1.58 bits per heavy atom. The van der Waals surface area contributed by atoms with E-state index in [1.54, 1.807) is 0 Å². The summed E-state index contributed by atoms with van der Waals surface area (Å²) in [5.41, 5.74) is 0. The summed E-state index contributed by atoms with van der Waals surface area (Å²) in [6, 6.07) is 1.45. The Labute approximate surface area is 129 Å². The first kappa shape index (κ1) is 15.4. The van der Waals surface area contributed by atoms with Crippen molar-refractivity contribution >= 4 is 54.7 Å². The van der Waals surface area contributed by atoms with Crippen LogP contribution in [0.2, 0.25) is 5.02 Å². The molecule has 0 spiro atoms. The molecule has 0 N–H and O–H groups in total. The van der Waals surface area contributed by atoms with Gasteiger partial charge in [0, 0.05) is 25.4 Å². The minimum absolute atomic E-state index is 0.152. The van der Waals surface area contributed by atoms with Crippen molar-refractivity contribution in [3.63, 3.8) is 0 Å². The van der Waals surface area contributed by atoms with Gasteiger partial charge < -0.3 is 0 Å². The summed E-state index contributed by atoms with van der Waals surface area (Å²) in [4.78, 5) is 11.6. The van der Waals surface area contributed by atoms with E-state index in [1.807, 2.05) is 6.92 Å². The summed E-state index contributed by atoms with van der Waals surface area (Å²) in [6.07, 6.45) is 0.956. The molecule has 0 saturated carbocycles. The van der Waals surface area contributed by atoms with Crippen molar-refractivity contribution in [3.05, 3.63) is 14.9 Å². The molecule has 1 aromatic rings. The van der Waals surface area contributed by atoms with Crippen LogP contribution < -0.4 is 0 Å². The third-order valence-corrected chi connectivity index (χ3v) is 7.99. The first-order valence-corrected chi connectivity index (χ1v) is 9.26. The van der Waals surface area contributed by atoms with E-state index in [1.165, 1.54) is 10.4 Å². The number of carbonyl (C=O) groups excluding carboxylic acids is 1. The molecule has 19 heavy (non-hydrogen) atoms. The van der Waals surface area contributed by atoms with E-state index in [2.05, 4.69) is 15.9 Å². The first-order chi connectivity index (χ1) is 8.86. The monoisotopic (exact) mass is 385 g/mol. The zero-order valence-electron chi connectivity index (χ0n) is 10.2. The van der Waals surface area contributed by atoms with Crippen molar-refractivity contribution in [1.82, 2.24) is 4.31 Å². The van der Waals surface area contributed by atoms with E-state index < -0.39 is 10.0 Å². The average Bonchev–Trinajstić information content (AvgIpc) is 2.70. The van der Waals surface area contributed by atoms with Gasteiger partial charge in [-0.15, -0.1) is 11.3 Å². The van der Waals surface area contributed by atoms with Crippen molar-refractivity contribution in [3.8, 4) is 0 Å². The summed E-state index contributed by atoms with van der Waals surface area (Å²) < 4.78 is 27.1. The third kappa shape index (κ3) is 3.05. The lowest BCUT2D eigenvalue weighted by Crippen LogP contribution is -2.43. The number of rotatable bonds is 3. The van der Waals surface area contributed by atoms with E-state index in [-0.39, 0.29) is 35.4 Å². The number of carbonyl (C=O) groups is 1. The van der Waals surface area contributed by atoms with Gasteiger partial charge in [0.1, 0.15) is 9.99 Å². The van der Waals surface area contributed by atoms with Gasteiger partial charge in [0.2, 0.25) is 0 Å². The third-order valence-electron chi connectivity index (χ3n) is 3.20. The molecule has 8 heteroatoms. The lowest BCUT2D eigenvalue weighted by molar-refractivity contribution is -0.125. The standard InChI is InChI=1S/C11H13BrClNO3S2/c1-2-7-6-14(4-3-9(7)15)19(16,17)10-5-8(13)11(12)18-10/h5,7H,2-4,6H2,1H3. The Morgan fingerprint density at radius 3 is 2.79 bits per heavy atom. The number of piperidine rings is 1. The van der Waals surface area contributed by atoms with Crippen molar-refractivity contribution in [2.75, 3.05) is 13.1 Å². The van der Waals surface area contributed by atoms with Gasteiger partial charge in [-0.1, -0.05) is 18.5 Å². The highest BCUT2D eigenvalue weighted by atomic mass is 79.9. The van der Waals surface area contributed by atoms with E-state index in [4.69, 9.17) is 11.6 Å². The molecular weight excluding hydrogens is 374 g/mol. The van der Waals surface area contributed by atoms with E-state index in [0.717, 1.165) is 11.3 Å². The summed E-state index contributed by atoms with van der Waals surface area (Å²) >= 11 is 10.2. The van der Waals surface area contributed by atoms with Crippen LogP contribution in [0.5, 0.6) is 0 Å². The summed E-state index contributed by atoms with van der Waals surface area (Å²) in [6.45, 7) is 2.42. The number of sulfonamides is 1. The number of hydrogen-bond acceptors (Lipinski definition) is 4. The Morgan fingerprint density at radius 2 is 2.26 bits per heavy atom. The second-order valence-corrected chi connectivity index (χ2v) is 9.31. The second-order valence-electron chi connectivity index (χ2n) is 4.37. The van der Waals surface area contributed by atoms with Crippen LogP contribution in [0.4, 0.5) is 0 Å². The molecule has 106 valence electrons. The van der Waals surface area contributed by atoms with Gasteiger partial charge in [-0.2, -0.15) is 4.31 Å². The van der Waals surface area contributed by atoms with Gasteiger partial charge in [0.25, 0.3) is 10.0 Å². The van der Waals surface area contributed by atoms with Crippen molar-refractivity contribution in [2.24, 2.45) is 5.92 Å². The molecule has 2 heterocycles. The Hall–Kier alpha value is 0.0500. The highest BCUT2D eigenvalue weighted by molar-refractivity contribution is 9.11. The fourth-order valence-electron chi connectivity index (χ4n) is 2.03. The molecule has 4 nitrogen and oxygen atoms in total. The van der Waals surface area contributed by atoms with Gasteiger partial charge >= 0.3 is 0 Å². The molecule has 1 aromatic heterocycles. The predicted octanol–water partition coefficient (Wildman–Crippen LogP) is 3.15. The molecule has 0 bridgehead atoms. The molecule has 1 aliphatic heterocycles. The van der Waals surface area contributed by atoms with Gasteiger partial charge in [0.15, 0.2) is 0 Å². The largest absolute Gasteiger partial charge is 0.299 e. The molecular formula is C11H13BrClNO3S2. The average molecular weight is 387 g/mol. The molecule has 1 saturated heterocycles. The lowest BCUT2D eigenvalue weighted by atomic mass is 9.96. The van der Waals surface area contributed by atoms with Crippen molar-refractivity contribution < 1.29 is 13.2 Å². The molecule has 1 atom stereocenters. The maximum absolute atomic E-state index is 12.5. The van der Waals surface area contributed by atoms with Crippen LogP contribution in [0.1, 0.15) is 19.8 Å². The van der Waals surface area contributed by atoms with Crippen LogP contribution in [0.3, 0.4) is 0 Å². The van der Waals surface area contributed by atoms with E-state index in [0.29, 0.717) is 15.2 Å². The van der Waals surface area contributed by atoms with Crippen LogP contribution in [-0.4, -0.2) is 31.6 Å². The highest BCUT2D eigenvalue weighted by Crippen LogP contribution is 2.36. The Bertz CT molecular complexity index is 580. The zero-order chi connectivity index (χ0) is 14.2. The fraction of sp³-hybridized carbons (Fsp3) is 0.545. The molecule has 0 aliphatic carbocycles. The van der Waals surface area contributed by atoms with E-state index >= 15 is 0 Å². The Kier molecular flexibility index (Phi) is 4.72. The summed E-state index contributed by atoms with van der Waals surface area (Å²) in [5, 5.41) is 0.392. The minimum atomic E-state index is -3.54. The van der Waals surface area contributed by atoms with Gasteiger partial charge in [-0.25, -0.2) is 8.42 Å². The number of hydrogen-bond donors (Lipinski definition) is 0. The van der Waals surface area contributed by atoms with Crippen LogP contribution in [0.15, 0.2) is 14.1 Å². The highest BCUT2D eigenvalue weighted by Gasteiger charge is 2.34. The summed E-state index contributed by atoms with van der Waals surface area (Å²) in [7, 11) is -3.54. The second kappa shape index (κ2) is 5.81. The Balaban J connectivity index is 2.27. The molecule has 1 unspecified atom stereocenters. The number of nitrogens with zero attached hydrogens (tertiary/aromatic N) is 1. The first-order valence-electron chi connectivity index (χ1n) is 5.84. The normalized spacial score (nSPS) is 21.8. The maximum atomic E-state index is 12.5. The quantitative estimate of drug-likeness (QED) is 0.802. The van der Waals surface area contributed by atoms with Crippen LogP contribution in [-0.2, 0) is 14.8 Å². The van der Waals surface area contributed by atoms with Crippen LogP contribution in [0.25, 0.3) is 0 Å². The van der Waals surface area contributed by atoms with Gasteiger partial charge in [-0.3, -0.25) is 4.79 Å². The van der Waals surface area contributed by atoms with Gasteiger partial charge in [-0.05, 0) is 28.4 Å². The molecule has 0 amide bonds. The lowest BCUT2D eigenvalue weighted by Gasteiger charge is -2.29. The van der Waals surface area contributed by atoms with E-state index in [9.17, 15) is 13.2 Å². The summed E-state index contributed by atoms with van der Waals surface area (Å²) in [5.74, 6) is -0.0401. The predicted molar refractivity (Wildman–Crippen MR) is 79.2 cm³/mol. The molecule has 1 aliphatic rings. The number of Topliss-reactive ketones (excluding diaryl/α,β-unsaturated/α-hetero) is 1. The number of halogens is 2. The van der Waals surface area contributed by atoms with Crippen molar-refractivity contribution in [2.45, 2.75) is 24.0 Å².